The van der Waals surface area contributed by atoms with Crippen molar-refractivity contribution in [3.05, 3.63) is 66.1 Å². The molecule has 6 nitrogen and oxygen atoms in total. The van der Waals surface area contributed by atoms with Crippen LogP contribution in [0.25, 0.3) is 11.3 Å². The molecular formula is C20H19FN4O2S. The molecule has 0 unspecified atom stereocenters. The summed E-state index contributed by atoms with van der Waals surface area (Å²) in [7, 11) is 3.35. The molecule has 28 heavy (non-hydrogen) atoms. The maximum absolute atomic E-state index is 13.0. The third-order valence-corrected chi connectivity index (χ3v) is 4.73. The number of hydrogen-bond acceptors (Lipinski definition) is 4. The highest BCUT2D eigenvalue weighted by Crippen LogP contribution is 2.22. The molecule has 0 atom stereocenters. The quantitative estimate of drug-likeness (QED) is 0.622. The Bertz CT molecular complexity index is 986. The molecular weight excluding hydrogens is 379 g/mol. The second-order valence-electron chi connectivity index (χ2n) is 6.23. The van der Waals surface area contributed by atoms with Crippen LogP contribution in [-0.4, -0.2) is 46.5 Å². The summed E-state index contributed by atoms with van der Waals surface area (Å²) in [6.45, 7) is 0. The minimum absolute atomic E-state index is 0.130. The van der Waals surface area contributed by atoms with E-state index >= 15 is 0 Å². The highest BCUT2D eigenvalue weighted by molar-refractivity contribution is 7.99. The van der Waals surface area contributed by atoms with Gasteiger partial charge in [-0.25, -0.2) is 9.37 Å². The summed E-state index contributed by atoms with van der Waals surface area (Å²) in [5.41, 5.74) is 2.63. The smallest absolute Gasteiger partial charge is 0.253 e. The Morgan fingerprint density at radius 3 is 2.64 bits per heavy atom. The van der Waals surface area contributed by atoms with Crippen LogP contribution in [0.3, 0.4) is 0 Å². The Balaban J connectivity index is 1.57. The Hall–Kier alpha value is -3.13. The number of H-pyrrole nitrogens is 1. The van der Waals surface area contributed by atoms with Crippen LogP contribution in [0.15, 0.2) is 59.9 Å². The number of halogens is 1. The van der Waals surface area contributed by atoms with Crippen molar-refractivity contribution in [1.82, 2.24) is 14.9 Å². The summed E-state index contributed by atoms with van der Waals surface area (Å²) in [5.74, 6) is -0.484. The Morgan fingerprint density at radius 1 is 1.18 bits per heavy atom. The molecule has 144 valence electrons. The number of aromatic amines is 1. The highest BCUT2D eigenvalue weighted by Gasteiger charge is 2.11. The molecule has 0 aliphatic carbocycles. The molecule has 0 aliphatic rings. The third kappa shape index (κ3) is 4.98. The number of nitrogens with one attached hydrogen (secondary N) is 2. The van der Waals surface area contributed by atoms with Crippen molar-refractivity contribution in [2.45, 2.75) is 5.16 Å². The predicted molar refractivity (Wildman–Crippen MR) is 108 cm³/mol. The molecule has 2 aromatic carbocycles. The van der Waals surface area contributed by atoms with Crippen LogP contribution in [0.1, 0.15) is 10.4 Å². The van der Waals surface area contributed by atoms with E-state index in [0.717, 1.165) is 11.3 Å². The van der Waals surface area contributed by atoms with Crippen molar-refractivity contribution in [3.63, 3.8) is 0 Å². The second-order valence-corrected chi connectivity index (χ2v) is 7.19. The first-order valence-electron chi connectivity index (χ1n) is 8.47. The number of nitrogens with zero attached hydrogens (tertiary/aromatic N) is 2. The first kappa shape index (κ1) is 19.6. The number of carbonyl (C=O) groups excluding carboxylic acids is 2. The standard InChI is InChI=1S/C20H19FN4O2S/c1-25(2)19(27)14-4-3-5-16(10-14)23-18(26)12-28-20-22-11-17(24-20)13-6-8-15(21)9-7-13/h3-11H,12H2,1-2H3,(H,22,24)(H,23,26). The number of imidazole rings is 1. The van der Waals surface area contributed by atoms with E-state index in [0.29, 0.717) is 16.4 Å². The van der Waals surface area contributed by atoms with Crippen molar-refractivity contribution >= 4 is 29.3 Å². The maximum Gasteiger partial charge on any atom is 0.253 e. The van der Waals surface area contributed by atoms with Crippen LogP contribution < -0.4 is 5.32 Å². The van der Waals surface area contributed by atoms with E-state index in [1.54, 1.807) is 56.7 Å². The molecule has 2 amide bonds. The van der Waals surface area contributed by atoms with Crippen LogP contribution in [0.4, 0.5) is 10.1 Å². The molecule has 0 fully saturated rings. The van der Waals surface area contributed by atoms with Gasteiger partial charge in [0.15, 0.2) is 5.16 Å². The number of hydrogen-bond donors (Lipinski definition) is 2. The van der Waals surface area contributed by atoms with Crippen molar-refractivity contribution in [2.75, 3.05) is 25.2 Å². The van der Waals surface area contributed by atoms with Gasteiger partial charge in [0.2, 0.25) is 5.91 Å². The molecule has 0 radical (unpaired) electrons. The second kappa shape index (κ2) is 8.71. The van der Waals surface area contributed by atoms with Gasteiger partial charge in [-0.1, -0.05) is 17.8 Å². The topological polar surface area (TPSA) is 78.1 Å². The zero-order valence-electron chi connectivity index (χ0n) is 15.4. The predicted octanol–water partition coefficient (Wildman–Crippen LogP) is 3.65. The monoisotopic (exact) mass is 398 g/mol. The van der Waals surface area contributed by atoms with Gasteiger partial charge in [0.05, 0.1) is 17.6 Å². The summed E-state index contributed by atoms with van der Waals surface area (Å²) in [4.78, 5) is 33.0. The molecule has 8 heteroatoms. The lowest BCUT2D eigenvalue weighted by molar-refractivity contribution is -0.113. The lowest BCUT2D eigenvalue weighted by Crippen LogP contribution is -2.22. The van der Waals surface area contributed by atoms with Crippen molar-refractivity contribution in [3.8, 4) is 11.3 Å². The van der Waals surface area contributed by atoms with Gasteiger partial charge in [-0.05, 0) is 48.0 Å². The van der Waals surface area contributed by atoms with Crippen LogP contribution >= 0.6 is 11.8 Å². The number of carbonyl (C=O) groups is 2. The number of aromatic nitrogens is 2. The summed E-state index contributed by atoms with van der Waals surface area (Å²) in [6, 6.07) is 12.9. The average molecular weight is 398 g/mol. The van der Waals surface area contributed by atoms with E-state index in [4.69, 9.17) is 0 Å². The fourth-order valence-corrected chi connectivity index (χ4v) is 3.12. The molecule has 3 rings (SSSR count). The molecule has 0 saturated heterocycles. The van der Waals surface area contributed by atoms with Gasteiger partial charge in [0, 0.05) is 25.3 Å². The number of anilines is 1. The summed E-state index contributed by atoms with van der Waals surface area (Å²) < 4.78 is 13.0. The Morgan fingerprint density at radius 2 is 1.93 bits per heavy atom. The molecule has 1 heterocycles. The molecule has 1 aromatic heterocycles. The molecule has 0 saturated carbocycles. The first-order chi connectivity index (χ1) is 13.4. The molecule has 0 spiro atoms. The molecule has 0 aliphatic heterocycles. The molecule has 0 bridgehead atoms. The van der Waals surface area contributed by atoms with E-state index < -0.39 is 0 Å². The van der Waals surface area contributed by atoms with Crippen LogP contribution in [0, 0.1) is 5.82 Å². The zero-order valence-corrected chi connectivity index (χ0v) is 16.2. The van der Waals surface area contributed by atoms with Gasteiger partial charge in [0.25, 0.3) is 5.91 Å². The number of rotatable bonds is 6. The van der Waals surface area contributed by atoms with Gasteiger partial charge in [-0.2, -0.15) is 0 Å². The SMILES string of the molecule is CN(C)C(=O)c1cccc(NC(=O)CSc2ncc(-c3ccc(F)cc3)[nH]2)c1. The maximum atomic E-state index is 13.0. The van der Waals surface area contributed by atoms with Crippen LogP contribution in [0.2, 0.25) is 0 Å². The van der Waals surface area contributed by atoms with Gasteiger partial charge in [-0.15, -0.1) is 0 Å². The van der Waals surface area contributed by atoms with E-state index in [-0.39, 0.29) is 23.4 Å². The highest BCUT2D eigenvalue weighted by atomic mass is 32.2. The molecule has 3 aromatic rings. The van der Waals surface area contributed by atoms with E-state index in [2.05, 4.69) is 15.3 Å². The minimum Gasteiger partial charge on any atom is -0.345 e. The van der Waals surface area contributed by atoms with Crippen LogP contribution in [0.5, 0.6) is 0 Å². The summed E-state index contributed by atoms with van der Waals surface area (Å²) in [5, 5.41) is 3.37. The fraction of sp³-hybridized carbons (Fsp3) is 0.150. The van der Waals surface area contributed by atoms with E-state index in [9.17, 15) is 14.0 Å². The van der Waals surface area contributed by atoms with Gasteiger partial charge in [0.1, 0.15) is 5.82 Å². The van der Waals surface area contributed by atoms with Gasteiger partial charge < -0.3 is 15.2 Å². The van der Waals surface area contributed by atoms with Gasteiger partial charge >= 0.3 is 0 Å². The van der Waals surface area contributed by atoms with Crippen molar-refractivity contribution in [2.24, 2.45) is 0 Å². The zero-order chi connectivity index (χ0) is 20.1. The largest absolute Gasteiger partial charge is 0.345 e. The fourth-order valence-electron chi connectivity index (χ4n) is 2.47. The molecule has 2 N–H and O–H groups in total. The third-order valence-electron chi connectivity index (χ3n) is 3.85. The Labute approximate surface area is 166 Å². The van der Waals surface area contributed by atoms with Gasteiger partial charge in [-0.3, -0.25) is 9.59 Å². The number of thioether (sulfide) groups is 1. The number of benzene rings is 2. The summed E-state index contributed by atoms with van der Waals surface area (Å²) >= 11 is 1.25. The minimum atomic E-state index is -0.300. The van der Waals surface area contributed by atoms with Crippen LogP contribution in [-0.2, 0) is 4.79 Å². The lowest BCUT2D eigenvalue weighted by atomic mass is 10.2. The summed E-state index contributed by atoms with van der Waals surface area (Å²) in [6.07, 6.45) is 1.64. The van der Waals surface area contributed by atoms with E-state index in [1.165, 1.54) is 28.8 Å². The Kier molecular flexibility index (Phi) is 6.10. The van der Waals surface area contributed by atoms with E-state index in [1.807, 2.05) is 0 Å². The lowest BCUT2D eigenvalue weighted by Gasteiger charge is -2.11. The average Bonchev–Trinajstić information content (AvgIpc) is 3.15. The van der Waals surface area contributed by atoms with Crippen molar-refractivity contribution in [1.29, 1.82) is 0 Å². The van der Waals surface area contributed by atoms with Crippen molar-refractivity contribution < 1.29 is 14.0 Å². The normalized spacial score (nSPS) is 10.5. The first-order valence-corrected chi connectivity index (χ1v) is 9.46. The number of amides is 2.